The molecule has 2 amide bonds. The van der Waals surface area contributed by atoms with E-state index in [1.165, 1.54) is 0 Å². The number of hydrogen-bond acceptors (Lipinski definition) is 3. The summed E-state index contributed by atoms with van der Waals surface area (Å²) in [4.78, 5) is 22.8. The minimum atomic E-state index is -0.839. The van der Waals surface area contributed by atoms with Gasteiger partial charge in [0, 0.05) is 13.2 Å². The summed E-state index contributed by atoms with van der Waals surface area (Å²) >= 11 is 0. The summed E-state index contributed by atoms with van der Waals surface area (Å²) in [6.07, 6.45) is 2.18. The van der Waals surface area contributed by atoms with Gasteiger partial charge in [-0.25, -0.2) is 4.79 Å². The number of aliphatic carboxylic acids is 1. The molecule has 0 aliphatic heterocycles. The molecule has 0 radical (unpaired) electrons. The molecule has 0 aromatic carbocycles. The van der Waals surface area contributed by atoms with Crippen molar-refractivity contribution in [1.29, 1.82) is 0 Å². The van der Waals surface area contributed by atoms with Crippen molar-refractivity contribution in [1.82, 2.24) is 10.6 Å². The van der Waals surface area contributed by atoms with Crippen molar-refractivity contribution < 1.29 is 19.4 Å². The number of nitrogens with one attached hydrogen (secondary N) is 2. The maximum Gasteiger partial charge on any atom is 0.315 e. The van der Waals surface area contributed by atoms with E-state index in [1.54, 1.807) is 7.11 Å². The normalized spacial score (nSPS) is 23.7. The van der Waals surface area contributed by atoms with Gasteiger partial charge in [0.1, 0.15) is 0 Å². The number of carboxylic acid groups (broad SMARTS) is 1. The zero-order valence-electron chi connectivity index (χ0n) is 11.2. The first-order chi connectivity index (χ1) is 8.35. The molecule has 0 spiro atoms. The van der Waals surface area contributed by atoms with Crippen LogP contribution in [0.4, 0.5) is 4.79 Å². The summed E-state index contributed by atoms with van der Waals surface area (Å²) in [6, 6.07) is -0.615. The highest BCUT2D eigenvalue weighted by atomic mass is 16.5. The molecule has 1 aliphatic carbocycles. The molecule has 0 aromatic heterocycles. The quantitative estimate of drug-likeness (QED) is 0.685. The zero-order chi connectivity index (χ0) is 13.8. The zero-order valence-corrected chi connectivity index (χ0v) is 11.2. The van der Waals surface area contributed by atoms with E-state index in [4.69, 9.17) is 9.84 Å². The molecule has 0 aromatic rings. The fourth-order valence-electron chi connectivity index (χ4n) is 2.34. The van der Waals surface area contributed by atoms with Gasteiger partial charge in [-0.15, -0.1) is 0 Å². The Labute approximate surface area is 107 Å². The van der Waals surface area contributed by atoms with E-state index in [0.717, 1.165) is 12.8 Å². The first kappa shape index (κ1) is 14.8. The predicted octanol–water partition coefficient (Wildman–Crippen LogP) is 0.964. The van der Waals surface area contributed by atoms with Crippen LogP contribution in [0.3, 0.4) is 0 Å². The minimum Gasteiger partial charge on any atom is -0.481 e. The number of carboxylic acids is 1. The maximum atomic E-state index is 11.8. The molecule has 0 heterocycles. The van der Waals surface area contributed by atoms with Crippen LogP contribution in [0.25, 0.3) is 0 Å². The van der Waals surface area contributed by atoms with Crippen molar-refractivity contribution in [2.75, 3.05) is 13.7 Å². The lowest BCUT2D eigenvalue weighted by atomic mass is 10.0. The fourth-order valence-corrected chi connectivity index (χ4v) is 2.34. The fraction of sp³-hybridized carbons (Fsp3) is 0.833. The van der Waals surface area contributed by atoms with Crippen molar-refractivity contribution in [2.45, 2.75) is 44.7 Å². The maximum absolute atomic E-state index is 11.8. The second-order valence-corrected chi connectivity index (χ2v) is 5.40. The predicted molar refractivity (Wildman–Crippen MR) is 66.4 cm³/mol. The van der Waals surface area contributed by atoms with Crippen molar-refractivity contribution in [3.63, 3.8) is 0 Å². The van der Waals surface area contributed by atoms with Crippen LogP contribution in [0.15, 0.2) is 0 Å². The van der Waals surface area contributed by atoms with Gasteiger partial charge in [0.2, 0.25) is 0 Å². The van der Waals surface area contributed by atoms with Crippen molar-refractivity contribution in [3.05, 3.63) is 0 Å². The third-order valence-electron chi connectivity index (χ3n) is 3.11. The van der Waals surface area contributed by atoms with Gasteiger partial charge in [0.15, 0.2) is 0 Å². The molecule has 6 heteroatoms. The number of rotatable bonds is 5. The van der Waals surface area contributed by atoms with Crippen molar-refractivity contribution in [2.24, 2.45) is 5.92 Å². The first-order valence-corrected chi connectivity index (χ1v) is 6.16. The van der Waals surface area contributed by atoms with Gasteiger partial charge >= 0.3 is 12.0 Å². The molecule has 2 atom stereocenters. The van der Waals surface area contributed by atoms with Gasteiger partial charge in [-0.05, 0) is 26.7 Å². The van der Waals surface area contributed by atoms with E-state index in [1.807, 2.05) is 13.8 Å². The standard InChI is InChI=1S/C12H22N2O4/c1-12(2,7-18-3)14-11(17)13-9-6-4-5-8(9)10(15)16/h8-9H,4-7H2,1-3H3,(H,15,16)(H2,13,14,17). The average Bonchev–Trinajstić information content (AvgIpc) is 2.64. The van der Waals surface area contributed by atoms with Gasteiger partial charge in [0.05, 0.1) is 18.1 Å². The molecule has 18 heavy (non-hydrogen) atoms. The smallest absolute Gasteiger partial charge is 0.315 e. The molecule has 1 aliphatic rings. The number of amides is 2. The lowest BCUT2D eigenvalue weighted by Gasteiger charge is -2.27. The van der Waals surface area contributed by atoms with Gasteiger partial charge in [-0.1, -0.05) is 6.42 Å². The van der Waals surface area contributed by atoms with Gasteiger partial charge in [-0.2, -0.15) is 0 Å². The highest BCUT2D eigenvalue weighted by molar-refractivity contribution is 5.77. The van der Waals surface area contributed by atoms with Crippen LogP contribution in [-0.2, 0) is 9.53 Å². The highest BCUT2D eigenvalue weighted by Crippen LogP contribution is 2.25. The molecule has 1 saturated carbocycles. The van der Waals surface area contributed by atoms with Crippen LogP contribution in [0, 0.1) is 5.92 Å². The number of hydrogen-bond donors (Lipinski definition) is 3. The second kappa shape index (κ2) is 6.04. The number of ether oxygens (including phenoxy) is 1. The Kier molecular flexibility index (Phi) is 4.95. The Morgan fingerprint density at radius 3 is 2.61 bits per heavy atom. The number of carbonyl (C=O) groups is 2. The molecule has 104 valence electrons. The number of methoxy groups -OCH3 is 1. The molecule has 0 bridgehead atoms. The third-order valence-corrected chi connectivity index (χ3v) is 3.11. The highest BCUT2D eigenvalue weighted by Gasteiger charge is 2.34. The Hall–Kier alpha value is -1.30. The van der Waals surface area contributed by atoms with Gasteiger partial charge in [-0.3, -0.25) is 4.79 Å². The van der Waals surface area contributed by atoms with E-state index in [-0.39, 0.29) is 12.1 Å². The summed E-state index contributed by atoms with van der Waals surface area (Å²) in [6.45, 7) is 4.09. The van der Waals surface area contributed by atoms with Crippen LogP contribution in [-0.4, -0.2) is 42.4 Å². The van der Waals surface area contributed by atoms with Crippen molar-refractivity contribution >= 4 is 12.0 Å². The first-order valence-electron chi connectivity index (χ1n) is 6.16. The topological polar surface area (TPSA) is 87.7 Å². The number of carbonyl (C=O) groups excluding carboxylic acids is 1. The van der Waals surface area contributed by atoms with Crippen LogP contribution in [0.1, 0.15) is 33.1 Å². The van der Waals surface area contributed by atoms with Crippen LogP contribution in [0.2, 0.25) is 0 Å². The lowest BCUT2D eigenvalue weighted by molar-refractivity contribution is -0.142. The Morgan fingerprint density at radius 2 is 2.06 bits per heavy atom. The van der Waals surface area contributed by atoms with Gasteiger partial charge < -0.3 is 20.5 Å². The van der Waals surface area contributed by atoms with Crippen LogP contribution in [0.5, 0.6) is 0 Å². The largest absolute Gasteiger partial charge is 0.481 e. The van der Waals surface area contributed by atoms with Crippen LogP contribution < -0.4 is 10.6 Å². The number of urea groups is 1. The van der Waals surface area contributed by atoms with Crippen LogP contribution >= 0.6 is 0 Å². The Balaban J connectivity index is 2.47. The summed E-state index contributed by atoms with van der Waals surface area (Å²) in [5.41, 5.74) is -0.476. The van der Waals surface area contributed by atoms with E-state index < -0.39 is 17.4 Å². The van der Waals surface area contributed by atoms with E-state index >= 15 is 0 Å². The molecule has 1 rings (SSSR count). The molecule has 6 nitrogen and oxygen atoms in total. The molecular formula is C12H22N2O4. The van der Waals surface area contributed by atoms with Crippen molar-refractivity contribution in [3.8, 4) is 0 Å². The van der Waals surface area contributed by atoms with Gasteiger partial charge in [0.25, 0.3) is 0 Å². The SMILES string of the molecule is COCC(C)(C)NC(=O)NC1CCCC1C(=O)O. The Morgan fingerprint density at radius 1 is 1.39 bits per heavy atom. The molecule has 1 fully saturated rings. The molecular weight excluding hydrogens is 236 g/mol. The summed E-state index contributed by atoms with van der Waals surface area (Å²) < 4.78 is 5.00. The minimum absolute atomic E-state index is 0.277. The average molecular weight is 258 g/mol. The van der Waals surface area contributed by atoms with E-state index in [0.29, 0.717) is 13.0 Å². The van der Waals surface area contributed by atoms with E-state index in [9.17, 15) is 9.59 Å². The summed E-state index contributed by atoms with van der Waals surface area (Å²) in [5.74, 6) is -1.31. The molecule has 0 saturated heterocycles. The summed E-state index contributed by atoms with van der Waals surface area (Å²) in [7, 11) is 1.57. The molecule has 3 N–H and O–H groups in total. The third kappa shape index (κ3) is 4.18. The second-order valence-electron chi connectivity index (χ2n) is 5.40. The monoisotopic (exact) mass is 258 g/mol. The lowest BCUT2D eigenvalue weighted by Crippen LogP contribution is -2.54. The van der Waals surface area contributed by atoms with E-state index in [2.05, 4.69) is 10.6 Å². The Bertz CT molecular complexity index is 317. The summed E-state index contributed by atoms with van der Waals surface area (Å²) in [5, 5.41) is 14.5. The molecule has 2 unspecified atom stereocenters.